The molecule has 1 aliphatic rings. The molecule has 1 aliphatic carbocycles. The highest BCUT2D eigenvalue weighted by molar-refractivity contribution is 5.91. The third kappa shape index (κ3) is 5.65. The van der Waals surface area contributed by atoms with Crippen LogP contribution in [0.15, 0.2) is 54.9 Å². The molecule has 2 heterocycles. The Labute approximate surface area is 191 Å². The van der Waals surface area contributed by atoms with Gasteiger partial charge in [0.2, 0.25) is 0 Å². The van der Waals surface area contributed by atoms with Crippen LogP contribution in [0.4, 0.5) is 15.4 Å². The lowest BCUT2D eigenvalue weighted by atomic mass is 9.92. The van der Waals surface area contributed by atoms with E-state index in [0.717, 1.165) is 11.1 Å². The second-order valence-electron chi connectivity index (χ2n) is 8.06. The van der Waals surface area contributed by atoms with Gasteiger partial charge in [-0.05, 0) is 43.4 Å². The zero-order valence-electron chi connectivity index (χ0n) is 18.4. The van der Waals surface area contributed by atoms with E-state index in [1.807, 2.05) is 49.6 Å². The molecule has 0 saturated heterocycles. The van der Waals surface area contributed by atoms with Crippen molar-refractivity contribution in [3.63, 3.8) is 0 Å². The first-order chi connectivity index (χ1) is 16.0. The number of aromatic nitrogens is 4. The first-order valence-corrected chi connectivity index (χ1v) is 10.9. The summed E-state index contributed by atoms with van der Waals surface area (Å²) in [6, 6.07) is 13.0. The lowest BCUT2D eigenvalue weighted by Crippen LogP contribution is -2.48. The molecule has 1 fully saturated rings. The van der Waals surface area contributed by atoms with Gasteiger partial charge in [0.25, 0.3) is 0 Å². The number of ether oxygens (including phenoxy) is 1. The Morgan fingerprint density at radius 2 is 1.88 bits per heavy atom. The van der Waals surface area contributed by atoms with Crippen LogP contribution in [0.2, 0.25) is 0 Å². The summed E-state index contributed by atoms with van der Waals surface area (Å²) >= 11 is 0. The van der Waals surface area contributed by atoms with Crippen LogP contribution in [0, 0.1) is 0 Å². The van der Waals surface area contributed by atoms with Crippen LogP contribution < -0.4 is 16.0 Å². The summed E-state index contributed by atoms with van der Waals surface area (Å²) < 4.78 is 6.84. The number of hydrogen-bond acceptors (Lipinski definition) is 6. The summed E-state index contributed by atoms with van der Waals surface area (Å²) in [5, 5.41) is 15.8. The van der Waals surface area contributed by atoms with Gasteiger partial charge in [-0.25, -0.2) is 9.59 Å². The molecule has 1 aromatic carbocycles. The van der Waals surface area contributed by atoms with Gasteiger partial charge in [-0.15, -0.1) is 10.2 Å². The van der Waals surface area contributed by atoms with Crippen molar-refractivity contribution in [2.75, 3.05) is 4.90 Å². The molecule has 3 amide bonds. The fourth-order valence-corrected chi connectivity index (χ4v) is 4.06. The van der Waals surface area contributed by atoms with Crippen molar-refractivity contribution in [1.82, 2.24) is 25.3 Å². The minimum atomic E-state index is -0.771. The Morgan fingerprint density at radius 1 is 1.12 bits per heavy atom. The quantitative estimate of drug-likeness (QED) is 0.595. The number of rotatable bonds is 6. The molecule has 172 valence electrons. The van der Waals surface area contributed by atoms with E-state index in [0.29, 0.717) is 43.7 Å². The number of anilines is 1. The molecule has 3 N–H and O–H groups in total. The van der Waals surface area contributed by atoms with Crippen molar-refractivity contribution in [3.8, 4) is 11.3 Å². The molecule has 1 saturated carbocycles. The number of carbonyl (C=O) groups excluding carboxylic acids is 2. The molecule has 0 aliphatic heterocycles. The van der Waals surface area contributed by atoms with Gasteiger partial charge in [0.05, 0.1) is 11.9 Å². The van der Waals surface area contributed by atoms with Gasteiger partial charge in [-0.3, -0.25) is 9.58 Å². The van der Waals surface area contributed by atoms with E-state index in [1.54, 1.807) is 21.8 Å². The van der Waals surface area contributed by atoms with Gasteiger partial charge in [0, 0.05) is 31.4 Å². The lowest BCUT2D eigenvalue weighted by Gasteiger charge is -2.35. The van der Waals surface area contributed by atoms with E-state index >= 15 is 0 Å². The number of amides is 3. The molecule has 2 aromatic heterocycles. The van der Waals surface area contributed by atoms with Crippen LogP contribution in [-0.4, -0.2) is 44.2 Å². The van der Waals surface area contributed by atoms with Crippen LogP contribution in [0.1, 0.15) is 31.2 Å². The minimum Gasteiger partial charge on any atom is -0.446 e. The molecule has 10 nitrogen and oxygen atoms in total. The van der Waals surface area contributed by atoms with Crippen LogP contribution in [0.25, 0.3) is 11.3 Å². The Kier molecular flexibility index (Phi) is 6.82. The number of benzene rings is 1. The van der Waals surface area contributed by atoms with E-state index in [1.165, 1.54) is 0 Å². The summed E-state index contributed by atoms with van der Waals surface area (Å²) in [6.45, 7) is 0.400. The number of aryl methyl sites for hydroxylation is 1. The normalized spacial score (nSPS) is 17.8. The van der Waals surface area contributed by atoms with Gasteiger partial charge < -0.3 is 15.8 Å². The summed E-state index contributed by atoms with van der Waals surface area (Å²) in [5.41, 5.74) is 7.68. The Bertz CT molecular complexity index is 1080. The summed E-state index contributed by atoms with van der Waals surface area (Å²) in [7, 11) is 1.84. The van der Waals surface area contributed by atoms with Crippen LogP contribution >= 0.6 is 0 Å². The van der Waals surface area contributed by atoms with Crippen LogP contribution in [0.3, 0.4) is 0 Å². The van der Waals surface area contributed by atoms with E-state index in [9.17, 15) is 9.59 Å². The Hall–Kier alpha value is -3.95. The third-order valence-electron chi connectivity index (χ3n) is 5.69. The van der Waals surface area contributed by atoms with Gasteiger partial charge in [0.15, 0.2) is 5.82 Å². The third-order valence-corrected chi connectivity index (χ3v) is 5.69. The number of nitrogens with two attached hydrogens (primary N) is 1. The SMILES string of the molecule is Cn1cc(-c2ccc(N(C(=O)NCc3ccccc3)[C@H]3CC[C@H](OC(N)=O)CC3)nn2)cn1. The molecule has 0 spiro atoms. The van der Waals surface area contributed by atoms with Gasteiger partial charge in [-0.1, -0.05) is 30.3 Å². The second-order valence-corrected chi connectivity index (χ2v) is 8.06. The second kappa shape index (κ2) is 10.1. The first-order valence-electron chi connectivity index (χ1n) is 10.9. The van der Waals surface area contributed by atoms with Crippen molar-refractivity contribution in [2.45, 2.75) is 44.4 Å². The predicted molar refractivity (Wildman–Crippen MR) is 122 cm³/mol. The highest BCUT2D eigenvalue weighted by Crippen LogP contribution is 2.29. The van der Waals surface area contributed by atoms with Crippen molar-refractivity contribution in [1.29, 1.82) is 0 Å². The summed E-state index contributed by atoms with van der Waals surface area (Å²) in [5.74, 6) is 0.465. The number of primary amides is 1. The molecular weight excluding hydrogens is 422 g/mol. The van der Waals surface area contributed by atoms with E-state index in [4.69, 9.17) is 10.5 Å². The average Bonchev–Trinajstić information content (AvgIpc) is 3.26. The van der Waals surface area contributed by atoms with Crippen LogP contribution in [0.5, 0.6) is 0 Å². The lowest BCUT2D eigenvalue weighted by molar-refractivity contribution is 0.0786. The van der Waals surface area contributed by atoms with Gasteiger partial charge >= 0.3 is 12.1 Å². The van der Waals surface area contributed by atoms with Crippen LogP contribution in [-0.2, 0) is 18.3 Å². The molecule has 0 unspecified atom stereocenters. The molecule has 4 rings (SSSR count). The molecule has 3 aromatic rings. The van der Waals surface area contributed by atoms with Gasteiger partial charge in [0.1, 0.15) is 6.10 Å². The Balaban J connectivity index is 1.52. The standard InChI is InChI=1S/C23H27N7O3/c1-29-15-17(14-26-29)20-11-12-21(28-27-20)30(18-7-9-19(10-8-18)33-22(24)31)23(32)25-13-16-5-3-2-4-6-16/h2-6,11-12,14-15,18-19H,7-10,13H2,1H3,(H2,24,31)(H,25,32)/t18-,19-. The molecule has 33 heavy (non-hydrogen) atoms. The average molecular weight is 450 g/mol. The smallest absolute Gasteiger partial charge is 0.404 e. The highest BCUT2D eigenvalue weighted by atomic mass is 16.6. The monoisotopic (exact) mass is 449 g/mol. The maximum Gasteiger partial charge on any atom is 0.404 e. The topological polar surface area (TPSA) is 128 Å². The number of urea groups is 1. The largest absolute Gasteiger partial charge is 0.446 e. The molecule has 0 bridgehead atoms. The summed E-state index contributed by atoms with van der Waals surface area (Å²) in [6.07, 6.45) is 5.13. The fraction of sp³-hybridized carbons (Fsp3) is 0.348. The first kappa shape index (κ1) is 22.3. The number of carbonyl (C=O) groups is 2. The zero-order chi connectivity index (χ0) is 23.2. The zero-order valence-corrected chi connectivity index (χ0v) is 18.4. The van der Waals surface area contributed by atoms with Crippen molar-refractivity contribution in [2.24, 2.45) is 12.8 Å². The van der Waals surface area contributed by atoms with E-state index < -0.39 is 6.09 Å². The molecule has 0 atom stereocenters. The molecular formula is C23H27N7O3. The highest BCUT2D eigenvalue weighted by Gasteiger charge is 2.32. The van der Waals surface area contributed by atoms with Crippen molar-refractivity contribution in [3.05, 3.63) is 60.4 Å². The Morgan fingerprint density at radius 3 is 2.48 bits per heavy atom. The maximum atomic E-state index is 13.3. The number of nitrogens with one attached hydrogen (secondary N) is 1. The fourth-order valence-electron chi connectivity index (χ4n) is 4.06. The number of hydrogen-bond donors (Lipinski definition) is 2. The van der Waals surface area contributed by atoms with E-state index in [-0.39, 0.29) is 18.2 Å². The summed E-state index contributed by atoms with van der Waals surface area (Å²) in [4.78, 5) is 26.0. The predicted octanol–water partition coefficient (Wildman–Crippen LogP) is 3.00. The molecule has 10 heteroatoms. The van der Waals surface area contributed by atoms with Crippen molar-refractivity contribution < 1.29 is 14.3 Å². The number of nitrogens with zero attached hydrogens (tertiary/aromatic N) is 5. The van der Waals surface area contributed by atoms with Crippen molar-refractivity contribution >= 4 is 17.9 Å². The van der Waals surface area contributed by atoms with E-state index in [2.05, 4.69) is 20.6 Å². The minimum absolute atomic E-state index is 0.105. The van der Waals surface area contributed by atoms with Gasteiger partial charge in [-0.2, -0.15) is 5.10 Å². The molecule has 0 radical (unpaired) electrons. The maximum absolute atomic E-state index is 13.3.